The standard InChI is InChI=1S/C26H26BrNO5S/c1-17-9-12-20(13-10-17)34(31,32)33-16-23(29)24(18-7-5-4-6-8-18)28-22-14-11-19(27)15-21(22)26(2,3)25(28)30/h4-15,23-24,29H,16H2,1-3H3. The van der Waals surface area contributed by atoms with Crippen molar-refractivity contribution < 1.29 is 22.5 Å². The zero-order valence-corrected chi connectivity index (χ0v) is 21.5. The molecule has 34 heavy (non-hydrogen) atoms. The molecule has 3 aromatic carbocycles. The molecule has 2 atom stereocenters. The molecule has 1 aliphatic heterocycles. The molecule has 1 amide bonds. The predicted molar refractivity (Wildman–Crippen MR) is 134 cm³/mol. The number of nitrogens with zero attached hydrogens (tertiary/aromatic N) is 1. The van der Waals surface area contributed by atoms with Crippen LogP contribution in [0.3, 0.4) is 0 Å². The lowest BCUT2D eigenvalue weighted by Crippen LogP contribution is -2.44. The number of fused-ring (bicyclic) bond motifs is 1. The van der Waals surface area contributed by atoms with Crippen LogP contribution < -0.4 is 4.90 Å². The number of carbonyl (C=O) groups excluding carboxylic acids is 1. The van der Waals surface area contributed by atoms with E-state index in [0.29, 0.717) is 11.3 Å². The number of aliphatic hydroxyl groups is 1. The monoisotopic (exact) mass is 543 g/mol. The molecule has 1 heterocycles. The third-order valence-electron chi connectivity index (χ3n) is 6.13. The maximum atomic E-state index is 13.6. The first-order valence-electron chi connectivity index (χ1n) is 10.8. The summed E-state index contributed by atoms with van der Waals surface area (Å²) in [6.45, 7) is 5.03. The molecule has 3 aromatic rings. The van der Waals surface area contributed by atoms with E-state index in [9.17, 15) is 18.3 Å². The Morgan fingerprint density at radius 1 is 1.03 bits per heavy atom. The van der Waals surface area contributed by atoms with Gasteiger partial charge in [-0.2, -0.15) is 8.42 Å². The molecular formula is C26H26BrNO5S. The Bertz CT molecular complexity index is 1310. The van der Waals surface area contributed by atoms with Gasteiger partial charge in [0.25, 0.3) is 10.1 Å². The van der Waals surface area contributed by atoms with E-state index >= 15 is 0 Å². The van der Waals surface area contributed by atoms with E-state index in [0.717, 1.165) is 15.6 Å². The molecule has 2 unspecified atom stereocenters. The average Bonchev–Trinajstić information content (AvgIpc) is 2.99. The van der Waals surface area contributed by atoms with Gasteiger partial charge in [0.1, 0.15) is 6.10 Å². The molecule has 1 N–H and O–H groups in total. The first-order chi connectivity index (χ1) is 16.0. The molecule has 0 fully saturated rings. The highest BCUT2D eigenvalue weighted by atomic mass is 79.9. The van der Waals surface area contributed by atoms with Gasteiger partial charge in [0, 0.05) is 10.2 Å². The van der Waals surface area contributed by atoms with Crippen LogP contribution in [-0.2, 0) is 24.5 Å². The largest absolute Gasteiger partial charge is 0.388 e. The van der Waals surface area contributed by atoms with Crippen molar-refractivity contribution in [2.45, 2.75) is 43.2 Å². The van der Waals surface area contributed by atoms with Gasteiger partial charge in [0.15, 0.2) is 0 Å². The minimum atomic E-state index is -4.08. The van der Waals surface area contributed by atoms with Gasteiger partial charge in [-0.05, 0) is 62.2 Å². The third kappa shape index (κ3) is 4.55. The topological polar surface area (TPSA) is 83.9 Å². The molecular weight excluding hydrogens is 518 g/mol. The van der Waals surface area contributed by atoms with Crippen molar-refractivity contribution >= 4 is 37.6 Å². The Hall–Kier alpha value is -2.52. The van der Waals surface area contributed by atoms with Crippen molar-refractivity contribution in [2.75, 3.05) is 11.5 Å². The fraction of sp³-hybridized carbons (Fsp3) is 0.269. The summed E-state index contributed by atoms with van der Waals surface area (Å²) in [5.41, 5.74) is 2.27. The van der Waals surface area contributed by atoms with Crippen molar-refractivity contribution in [2.24, 2.45) is 0 Å². The summed E-state index contributed by atoms with van der Waals surface area (Å²) in [5.74, 6) is -0.185. The average molecular weight is 544 g/mol. The van der Waals surface area contributed by atoms with Gasteiger partial charge in [-0.25, -0.2) is 0 Å². The number of halogens is 1. The Morgan fingerprint density at radius 3 is 2.32 bits per heavy atom. The lowest BCUT2D eigenvalue weighted by molar-refractivity contribution is -0.123. The van der Waals surface area contributed by atoms with Crippen LogP contribution in [0.1, 0.15) is 36.6 Å². The van der Waals surface area contributed by atoms with Crippen LogP contribution >= 0.6 is 15.9 Å². The van der Waals surface area contributed by atoms with E-state index < -0.39 is 34.3 Å². The second-order valence-corrected chi connectivity index (χ2v) is 11.5. The summed E-state index contributed by atoms with van der Waals surface area (Å²) in [7, 11) is -4.08. The zero-order chi connectivity index (χ0) is 24.7. The van der Waals surface area contributed by atoms with E-state index in [1.54, 1.807) is 29.2 Å². The molecule has 1 aliphatic rings. The molecule has 0 saturated heterocycles. The molecule has 8 heteroatoms. The third-order valence-corrected chi connectivity index (χ3v) is 7.92. The van der Waals surface area contributed by atoms with Crippen LogP contribution in [0.4, 0.5) is 5.69 Å². The predicted octanol–water partition coefficient (Wildman–Crippen LogP) is 4.89. The number of carbonyl (C=O) groups is 1. The highest BCUT2D eigenvalue weighted by Gasteiger charge is 2.48. The molecule has 0 aromatic heterocycles. The van der Waals surface area contributed by atoms with Gasteiger partial charge < -0.3 is 10.0 Å². The van der Waals surface area contributed by atoms with Gasteiger partial charge in [-0.15, -0.1) is 0 Å². The minimum Gasteiger partial charge on any atom is -0.388 e. The summed E-state index contributed by atoms with van der Waals surface area (Å²) in [4.78, 5) is 15.2. The number of rotatable bonds is 7. The first-order valence-corrected chi connectivity index (χ1v) is 13.1. The highest BCUT2D eigenvalue weighted by Crippen LogP contribution is 2.47. The lowest BCUT2D eigenvalue weighted by atomic mass is 9.86. The summed E-state index contributed by atoms with van der Waals surface area (Å²) >= 11 is 3.47. The van der Waals surface area contributed by atoms with Crippen LogP contribution in [-0.4, -0.2) is 32.1 Å². The van der Waals surface area contributed by atoms with Gasteiger partial charge in [-0.3, -0.25) is 8.98 Å². The van der Waals surface area contributed by atoms with Gasteiger partial charge in [0.05, 0.1) is 23.0 Å². The molecule has 0 spiro atoms. The Balaban J connectivity index is 1.69. The molecule has 178 valence electrons. The van der Waals surface area contributed by atoms with Gasteiger partial charge in [-0.1, -0.05) is 64.0 Å². The van der Waals surface area contributed by atoms with Crippen molar-refractivity contribution in [1.29, 1.82) is 0 Å². The Labute approximate surface area is 208 Å². The zero-order valence-electron chi connectivity index (χ0n) is 19.1. The van der Waals surface area contributed by atoms with Crippen molar-refractivity contribution in [3.63, 3.8) is 0 Å². The quantitative estimate of drug-likeness (QED) is 0.429. The Morgan fingerprint density at radius 2 is 1.68 bits per heavy atom. The van der Waals surface area contributed by atoms with Gasteiger partial charge in [0.2, 0.25) is 5.91 Å². The number of benzene rings is 3. The first kappa shape index (κ1) is 24.6. The molecule has 4 rings (SSSR count). The van der Waals surface area contributed by atoms with E-state index in [1.807, 2.05) is 57.2 Å². The summed E-state index contributed by atoms with van der Waals surface area (Å²) in [6.07, 6.45) is -1.31. The number of amides is 1. The fourth-order valence-electron chi connectivity index (χ4n) is 4.24. The van der Waals surface area contributed by atoms with Crippen LogP contribution in [0.5, 0.6) is 0 Å². The minimum absolute atomic E-state index is 0.00939. The molecule has 0 saturated carbocycles. The smallest absolute Gasteiger partial charge is 0.297 e. The lowest BCUT2D eigenvalue weighted by Gasteiger charge is -2.33. The van der Waals surface area contributed by atoms with Crippen LogP contribution in [0.25, 0.3) is 0 Å². The van der Waals surface area contributed by atoms with Crippen LogP contribution in [0.15, 0.2) is 82.2 Å². The summed E-state index contributed by atoms with van der Waals surface area (Å²) in [5, 5.41) is 11.3. The second kappa shape index (κ2) is 9.26. The second-order valence-electron chi connectivity index (χ2n) is 8.94. The maximum Gasteiger partial charge on any atom is 0.297 e. The highest BCUT2D eigenvalue weighted by molar-refractivity contribution is 9.10. The van der Waals surface area contributed by atoms with Crippen molar-refractivity contribution in [3.05, 3.63) is 94.0 Å². The fourth-order valence-corrected chi connectivity index (χ4v) is 5.52. The van der Waals surface area contributed by atoms with Crippen LogP contribution in [0, 0.1) is 6.92 Å². The normalized spacial score (nSPS) is 16.9. The Kier molecular flexibility index (Phi) is 6.70. The van der Waals surface area contributed by atoms with Crippen LogP contribution in [0.2, 0.25) is 0 Å². The number of hydrogen-bond acceptors (Lipinski definition) is 5. The molecule has 0 bridgehead atoms. The van der Waals surface area contributed by atoms with Crippen molar-refractivity contribution in [1.82, 2.24) is 0 Å². The number of aryl methyl sites for hydroxylation is 1. The number of hydrogen-bond donors (Lipinski definition) is 1. The summed E-state index contributed by atoms with van der Waals surface area (Å²) < 4.78 is 31.5. The van der Waals surface area contributed by atoms with E-state index in [-0.39, 0.29) is 10.8 Å². The van der Waals surface area contributed by atoms with E-state index in [4.69, 9.17) is 4.18 Å². The molecule has 6 nitrogen and oxygen atoms in total. The van der Waals surface area contributed by atoms with E-state index in [2.05, 4.69) is 15.9 Å². The SMILES string of the molecule is Cc1ccc(S(=O)(=O)OCC(O)C(c2ccccc2)N2C(=O)C(C)(C)c3cc(Br)ccc32)cc1. The molecule has 0 aliphatic carbocycles. The van der Waals surface area contributed by atoms with Crippen molar-refractivity contribution in [3.8, 4) is 0 Å². The van der Waals surface area contributed by atoms with Gasteiger partial charge >= 0.3 is 0 Å². The summed E-state index contributed by atoms with van der Waals surface area (Å²) in [6, 6.07) is 20.1. The number of anilines is 1. The van der Waals surface area contributed by atoms with E-state index in [1.165, 1.54) is 12.1 Å². The maximum absolute atomic E-state index is 13.6. The number of aliphatic hydroxyl groups excluding tert-OH is 1. The molecule has 0 radical (unpaired) electrons.